The standard InChI is InChI=1S/C10H10ClNO3/c1-13-10(12)6-4-7(11)9-8(5-6)14-2-3-15-9/h4-5,12H,2-3H2,1H3. The Labute approximate surface area is 92.2 Å². The third kappa shape index (κ3) is 1.85. The normalized spacial score (nSPS) is 13.5. The van der Waals surface area contributed by atoms with Crippen LogP contribution in [0.1, 0.15) is 5.56 Å². The first kappa shape index (κ1) is 10.1. The first-order chi connectivity index (χ1) is 7.22. The summed E-state index contributed by atoms with van der Waals surface area (Å²) in [4.78, 5) is 0. The summed E-state index contributed by atoms with van der Waals surface area (Å²) < 4.78 is 15.5. The van der Waals surface area contributed by atoms with Crippen molar-refractivity contribution in [3.8, 4) is 11.5 Å². The third-order valence-electron chi connectivity index (χ3n) is 2.06. The summed E-state index contributed by atoms with van der Waals surface area (Å²) >= 11 is 5.99. The van der Waals surface area contributed by atoms with Crippen molar-refractivity contribution in [3.05, 3.63) is 22.7 Å². The number of halogens is 1. The molecule has 0 saturated heterocycles. The smallest absolute Gasteiger partial charge is 0.213 e. The van der Waals surface area contributed by atoms with E-state index in [-0.39, 0.29) is 5.90 Å². The molecule has 5 heteroatoms. The molecule has 1 N–H and O–H groups in total. The van der Waals surface area contributed by atoms with Crippen molar-refractivity contribution in [2.24, 2.45) is 0 Å². The molecule has 0 fully saturated rings. The maximum atomic E-state index is 7.52. The van der Waals surface area contributed by atoms with Crippen LogP contribution in [0, 0.1) is 5.41 Å². The molecule has 0 bridgehead atoms. The van der Waals surface area contributed by atoms with E-state index in [0.29, 0.717) is 35.3 Å². The van der Waals surface area contributed by atoms with Crippen molar-refractivity contribution < 1.29 is 14.2 Å². The van der Waals surface area contributed by atoms with Crippen LogP contribution in [0.2, 0.25) is 5.02 Å². The Morgan fingerprint density at radius 2 is 2.13 bits per heavy atom. The van der Waals surface area contributed by atoms with E-state index in [1.54, 1.807) is 12.1 Å². The summed E-state index contributed by atoms with van der Waals surface area (Å²) in [5, 5.41) is 7.95. The molecular formula is C10H10ClNO3. The molecule has 1 aliphatic heterocycles. The highest BCUT2D eigenvalue weighted by Gasteiger charge is 2.18. The van der Waals surface area contributed by atoms with Gasteiger partial charge < -0.3 is 14.2 Å². The van der Waals surface area contributed by atoms with Gasteiger partial charge in [-0.3, -0.25) is 5.41 Å². The van der Waals surface area contributed by atoms with Crippen molar-refractivity contribution in [2.45, 2.75) is 0 Å². The van der Waals surface area contributed by atoms with Gasteiger partial charge in [-0.25, -0.2) is 0 Å². The highest BCUT2D eigenvalue weighted by molar-refractivity contribution is 6.32. The van der Waals surface area contributed by atoms with Gasteiger partial charge in [0.2, 0.25) is 5.90 Å². The molecule has 0 amide bonds. The van der Waals surface area contributed by atoms with Gasteiger partial charge in [0, 0.05) is 5.56 Å². The Hall–Kier alpha value is -1.42. The zero-order valence-electron chi connectivity index (χ0n) is 8.17. The fourth-order valence-electron chi connectivity index (χ4n) is 1.36. The molecule has 1 heterocycles. The van der Waals surface area contributed by atoms with Gasteiger partial charge in [-0.2, -0.15) is 0 Å². The summed E-state index contributed by atoms with van der Waals surface area (Å²) in [5.74, 6) is 1.15. The van der Waals surface area contributed by atoms with E-state index in [0.717, 1.165) is 0 Å². The Kier molecular flexibility index (Phi) is 2.68. The van der Waals surface area contributed by atoms with Gasteiger partial charge in [-0.1, -0.05) is 11.6 Å². The molecule has 0 aliphatic carbocycles. The summed E-state index contributed by atoms with van der Waals surface area (Å²) in [6.07, 6.45) is 0. The van der Waals surface area contributed by atoms with Crippen LogP contribution in [0.25, 0.3) is 0 Å². The minimum atomic E-state index is 0.0499. The molecule has 1 aliphatic rings. The highest BCUT2D eigenvalue weighted by atomic mass is 35.5. The van der Waals surface area contributed by atoms with Crippen LogP contribution in [0.4, 0.5) is 0 Å². The van der Waals surface area contributed by atoms with Gasteiger partial charge >= 0.3 is 0 Å². The maximum Gasteiger partial charge on any atom is 0.213 e. The average molecular weight is 228 g/mol. The van der Waals surface area contributed by atoms with Gasteiger partial charge in [-0.05, 0) is 12.1 Å². The molecule has 0 radical (unpaired) electrons. The number of fused-ring (bicyclic) bond motifs is 1. The SMILES string of the molecule is COC(=N)c1cc(Cl)c2c(c1)OCCO2. The zero-order chi connectivity index (χ0) is 10.8. The quantitative estimate of drug-likeness (QED) is 0.590. The van der Waals surface area contributed by atoms with Crippen molar-refractivity contribution >= 4 is 17.5 Å². The molecule has 1 aromatic rings. The minimum absolute atomic E-state index is 0.0499. The van der Waals surface area contributed by atoms with Crippen LogP contribution in [0.3, 0.4) is 0 Å². The summed E-state index contributed by atoms with van der Waals surface area (Å²) in [6.45, 7) is 0.987. The molecule has 0 spiro atoms. The minimum Gasteiger partial charge on any atom is -0.486 e. The first-order valence-corrected chi connectivity index (χ1v) is 4.82. The van der Waals surface area contributed by atoms with E-state index >= 15 is 0 Å². The van der Waals surface area contributed by atoms with Gasteiger partial charge in [0.1, 0.15) is 13.2 Å². The van der Waals surface area contributed by atoms with Crippen LogP contribution in [0.15, 0.2) is 12.1 Å². The molecular weight excluding hydrogens is 218 g/mol. The highest BCUT2D eigenvalue weighted by Crippen LogP contribution is 2.38. The molecule has 0 unspecified atom stereocenters. The lowest BCUT2D eigenvalue weighted by atomic mass is 10.2. The van der Waals surface area contributed by atoms with Crippen LogP contribution in [-0.4, -0.2) is 26.2 Å². The Morgan fingerprint density at radius 1 is 1.40 bits per heavy atom. The van der Waals surface area contributed by atoms with Crippen molar-refractivity contribution in [3.63, 3.8) is 0 Å². The zero-order valence-corrected chi connectivity index (χ0v) is 8.93. The third-order valence-corrected chi connectivity index (χ3v) is 2.34. The number of methoxy groups -OCH3 is 1. The van der Waals surface area contributed by atoms with Crippen LogP contribution < -0.4 is 9.47 Å². The van der Waals surface area contributed by atoms with Gasteiger partial charge in [-0.15, -0.1) is 0 Å². The lowest BCUT2D eigenvalue weighted by molar-refractivity contribution is 0.171. The van der Waals surface area contributed by atoms with Crippen molar-refractivity contribution in [2.75, 3.05) is 20.3 Å². The number of hydrogen-bond donors (Lipinski definition) is 1. The fourth-order valence-corrected chi connectivity index (χ4v) is 1.63. The molecule has 2 rings (SSSR count). The predicted octanol–water partition coefficient (Wildman–Crippen LogP) is 2.08. The second-order valence-electron chi connectivity index (χ2n) is 3.02. The number of rotatable bonds is 1. The van der Waals surface area contributed by atoms with Gasteiger partial charge in [0.25, 0.3) is 0 Å². The average Bonchev–Trinajstić information content (AvgIpc) is 2.28. The largest absolute Gasteiger partial charge is 0.486 e. The second-order valence-corrected chi connectivity index (χ2v) is 3.42. The van der Waals surface area contributed by atoms with E-state index in [2.05, 4.69) is 0 Å². The molecule has 0 saturated carbocycles. The number of nitrogens with one attached hydrogen (secondary N) is 1. The Morgan fingerprint density at radius 3 is 2.87 bits per heavy atom. The lowest BCUT2D eigenvalue weighted by Crippen LogP contribution is -2.16. The summed E-state index contributed by atoms with van der Waals surface area (Å²) in [7, 11) is 1.44. The Balaban J connectivity index is 2.45. The van der Waals surface area contributed by atoms with E-state index in [1.165, 1.54) is 7.11 Å². The maximum absolute atomic E-state index is 7.52. The van der Waals surface area contributed by atoms with Gasteiger partial charge in [0.15, 0.2) is 11.5 Å². The molecule has 0 aromatic heterocycles. The van der Waals surface area contributed by atoms with Crippen molar-refractivity contribution in [1.29, 1.82) is 5.41 Å². The van der Waals surface area contributed by atoms with Crippen LogP contribution >= 0.6 is 11.6 Å². The van der Waals surface area contributed by atoms with E-state index < -0.39 is 0 Å². The molecule has 4 nitrogen and oxygen atoms in total. The second kappa shape index (κ2) is 3.98. The number of benzene rings is 1. The van der Waals surface area contributed by atoms with E-state index in [1.807, 2.05) is 0 Å². The predicted molar refractivity (Wildman–Crippen MR) is 56.3 cm³/mol. The fraction of sp³-hybridized carbons (Fsp3) is 0.300. The topological polar surface area (TPSA) is 51.5 Å². The van der Waals surface area contributed by atoms with Crippen LogP contribution in [0.5, 0.6) is 11.5 Å². The first-order valence-electron chi connectivity index (χ1n) is 4.44. The van der Waals surface area contributed by atoms with Gasteiger partial charge in [0.05, 0.1) is 12.1 Å². The van der Waals surface area contributed by atoms with E-state index in [9.17, 15) is 0 Å². The Bertz CT molecular complexity index is 406. The summed E-state index contributed by atoms with van der Waals surface area (Å²) in [5.41, 5.74) is 0.576. The molecule has 0 atom stereocenters. The van der Waals surface area contributed by atoms with E-state index in [4.69, 9.17) is 31.2 Å². The van der Waals surface area contributed by atoms with Crippen molar-refractivity contribution in [1.82, 2.24) is 0 Å². The lowest BCUT2D eigenvalue weighted by Gasteiger charge is -2.20. The number of hydrogen-bond acceptors (Lipinski definition) is 4. The monoisotopic (exact) mass is 227 g/mol. The molecule has 15 heavy (non-hydrogen) atoms. The van der Waals surface area contributed by atoms with Crippen LogP contribution in [-0.2, 0) is 4.74 Å². The summed E-state index contributed by atoms with van der Waals surface area (Å²) in [6, 6.07) is 3.31. The number of ether oxygens (including phenoxy) is 3. The molecule has 1 aromatic carbocycles. The molecule has 80 valence electrons.